The number of ether oxygens (including phenoxy) is 1. The molecule has 0 radical (unpaired) electrons. The van der Waals surface area contributed by atoms with Gasteiger partial charge in [0.2, 0.25) is 0 Å². The fourth-order valence-electron chi connectivity index (χ4n) is 9.02. The van der Waals surface area contributed by atoms with Crippen molar-refractivity contribution in [3.05, 3.63) is 89.5 Å². The van der Waals surface area contributed by atoms with Crippen molar-refractivity contribution in [3.8, 4) is 11.1 Å². The number of urea groups is 1. The summed E-state index contributed by atoms with van der Waals surface area (Å²) in [6, 6.07) is 21.5. The summed E-state index contributed by atoms with van der Waals surface area (Å²) >= 11 is -2.67. The van der Waals surface area contributed by atoms with Gasteiger partial charge in [0, 0.05) is 12.3 Å². The van der Waals surface area contributed by atoms with Gasteiger partial charge in [0.05, 0.1) is 0 Å². The number of fused-ring (bicyclic) bond motifs is 3. The first-order chi connectivity index (χ1) is 31.8. The van der Waals surface area contributed by atoms with Crippen LogP contribution in [-0.2, 0) is 30.5 Å². The number of carboxylic acid groups (broad SMARTS) is 3. The number of rotatable bonds is 31. The second kappa shape index (κ2) is 28.1. The van der Waals surface area contributed by atoms with Crippen molar-refractivity contribution in [2.75, 3.05) is 19.7 Å². The molecule has 0 heterocycles. The molecule has 0 spiro atoms. The number of aliphatic carboxylic acids is 3. The predicted molar refractivity (Wildman–Crippen MR) is 259 cm³/mol. The number of hydrogen-bond acceptors (Lipinski definition) is 7. The van der Waals surface area contributed by atoms with E-state index in [-0.39, 0.29) is 37.7 Å². The molecule has 2 atom stereocenters. The van der Waals surface area contributed by atoms with Gasteiger partial charge in [-0.2, -0.15) is 0 Å². The third-order valence-electron chi connectivity index (χ3n) is 12.8. The number of unbranched alkanes of at least 4 members (excludes halogenated alkanes) is 5. The van der Waals surface area contributed by atoms with Crippen LogP contribution in [0, 0.1) is 0 Å². The topological polar surface area (TPSA) is 212 Å². The van der Waals surface area contributed by atoms with E-state index in [9.17, 15) is 39.0 Å². The van der Waals surface area contributed by atoms with Crippen molar-refractivity contribution in [1.29, 1.82) is 0 Å². The van der Waals surface area contributed by atoms with Crippen LogP contribution in [0.4, 0.5) is 9.59 Å². The molecule has 0 saturated heterocycles. The summed E-state index contributed by atoms with van der Waals surface area (Å²) in [5.41, 5.74) is 5.59. The number of nitrogens with zero attached hydrogens (tertiary/aromatic N) is 1. The molecule has 3 aromatic carbocycles. The Morgan fingerprint density at radius 3 is 1.73 bits per heavy atom. The van der Waals surface area contributed by atoms with Crippen molar-refractivity contribution in [3.63, 3.8) is 0 Å². The molecule has 6 N–H and O–H groups in total. The van der Waals surface area contributed by atoms with Crippen molar-refractivity contribution in [2.24, 2.45) is 0 Å². The third kappa shape index (κ3) is 16.6. The maximum absolute atomic E-state index is 13.9. The van der Waals surface area contributed by atoms with Gasteiger partial charge in [-0.15, -0.1) is 0 Å². The molecule has 2 unspecified atom stereocenters. The summed E-state index contributed by atoms with van der Waals surface area (Å²) in [6.07, 6.45) is 8.14. The number of carbonyl (C=O) groups is 6. The summed E-state index contributed by atoms with van der Waals surface area (Å²) in [6.45, 7) is 8.10. The molecular weight excluding hydrogens is 947 g/mol. The van der Waals surface area contributed by atoms with E-state index in [1.54, 1.807) is 8.48 Å². The Morgan fingerprint density at radius 1 is 0.652 bits per heavy atom. The molecule has 4 rings (SSSR count). The predicted octanol–water partition coefficient (Wildman–Crippen LogP) is 9.02. The summed E-state index contributed by atoms with van der Waals surface area (Å²) < 4.78 is 11.3. The zero-order chi connectivity index (χ0) is 47.9. The van der Waals surface area contributed by atoms with Crippen LogP contribution < -0.4 is 19.5 Å². The van der Waals surface area contributed by atoms with Crippen LogP contribution in [0.3, 0.4) is 0 Å². The second-order valence-corrected chi connectivity index (χ2v) is 30.9. The fraction of sp³-hybridized carbons (Fsp3) is 0.529. The number of carboxylic acids is 3. The first kappa shape index (κ1) is 53.5. The average Bonchev–Trinajstić information content (AvgIpc) is 3.63. The van der Waals surface area contributed by atoms with Gasteiger partial charge in [0.1, 0.15) is 12.6 Å². The van der Waals surface area contributed by atoms with Crippen LogP contribution in [0.15, 0.2) is 72.8 Å². The number of alkyl carbamates (subject to hydrolysis) is 1. The van der Waals surface area contributed by atoms with Crippen LogP contribution in [0.25, 0.3) is 11.1 Å². The molecule has 15 heteroatoms. The summed E-state index contributed by atoms with van der Waals surface area (Å²) in [4.78, 5) is 75.6. The molecule has 14 nitrogen and oxygen atoms in total. The van der Waals surface area contributed by atoms with E-state index in [4.69, 9.17) is 9.84 Å². The van der Waals surface area contributed by atoms with Crippen LogP contribution >= 0.6 is 0 Å². The van der Waals surface area contributed by atoms with Gasteiger partial charge < -0.3 is 25.4 Å². The Labute approximate surface area is 394 Å². The van der Waals surface area contributed by atoms with E-state index in [0.717, 1.165) is 27.8 Å². The molecule has 0 bridgehead atoms. The molecule has 0 fully saturated rings. The van der Waals surface area contributed by atoms with Gasteiger partial charge in [-0.25, -0.2) is 19.2 Å². The van der Waals surface area contributed by atoms with Crippen LogP contribution in [-0.4, -0.2) is 106 Å². The van der Waals surface area contributed by atoms with E-state index in [1.807, 2.05) is 24.3 Å². The van der Waals surface area contributed by atoms with Gasteiger partial charge in [-0.1, -0.05) is 48.5 Å². The van der Waals surface area contributed by atoms with E-state index in [0.29, 0.717) is 45.3 Å². The van der Waals surface area contributed by atoms with Crippen molar-refractivity contribution in [1.82, 2.24) is 20.9 Å². The Balaban J connectivity index is 1.36. The van der Waals surface area contributed by atoms with Crippen molar-refractivity contribution < 1.29 is 48.8 Å². The molecule has 0 saturated carbocycles. The van der Waals surface area contributed by atoms with Crippen LogP contribution in [0.5, 0.6) is 0 Å². The standard InChI is InChI=1S/C39H45N4O10.3C4H9.Sn/c44-34(19-8-10-22-40-39(52)53-25-31-29-16-6-4-14-27(29)28-15-5-7-17-30(28)31)43(24-26-12-2-1-3-13-26)23-11-9-18-32(36(47)48)41-38(51)42-33(37(49)50)20-21-35(45)46;3*1-3-4-2;/h2-7,12-17,31-33H,8-11,18-25H2,(H,40,52)(H,45,46)(H,47,48)(H,49,50)(H2,41,42,51);3*1,3-4H2,2H3;. The van der Waals surface area contributed by atoms with Crippen LogP contribution in [0.1, 0.15) is 133 Å². The quantitative estimate of drug-likeness (QED) is 0.0266. The first-order valence-corrected chi connectivity index (χ1v) is 31.5. The fourth-order valence-corrected chi connectivity index (χ4v) is 24.9. The van der Waals surface area contributed by atoms with Gasteiger partial charge >= 0.3 is 245 Å². The third-order valence-corrected chi connectivity index (χ3v) is 28.4. The van der Waals surface area contributed by atoms with Gasteiger partial charge in [0.15, 0.2) is 0 Å². The maximum atomic E-state index is 13.9. The number of amides is 4. The normalized spacial score (nSPS) is 12.9. The summed E-state index contributed by atoms with van der Waals surface area (Å²) in [5.74, 6) is -4.07. The minimum atomic E-state index is -2.67. The zero-order valence-corrected chi connectivity index (χ0v) is 42.0. The molecule has 0 aliphatic heterocycles. The summed E-state index contributed by atoms with van der Waals surface area (Å²) in [5, 5.41) is 35.5. The summed E-state index contributed by atoms with van der Waals surface area (Å²) in [7, 11) is 0. The first-order valence-electron chi connectivity index (χ1n) is 24.0. The molecule has 360 valence electrons. The molecule has 3 aromatic rings. The minimum absolute atomic E-state index is 0.0241. The Morgan fingerprint density at radius 2 is 1.20 bits per heavy atom. The molecule has 4 amide bonds. The Hall–Kier alpha value is -5.12. The zero-order valence-electron chi connectivity index (χ0n) is 39.2. The van der Waals surface area contributed by atoms with Crippen molar-refractivity contribution >= 4 is 57.9 Å². The van der Waals surface area contributed by atoms with Crippen molar-refractivity contribution in [2.45, 2.75) is 149 Å². The van der Waals surface area contributed by atoms with E-state index < -0.39 is 66.9 Å². The second-order valence-electron chi connectivity index (χ2n) is 17.6. The average molecular weight is 1020 g/mol. The SMILES string of the molecule is CCC[CH2][Sn]([CH2]CCC)([CH2]CCC)[c]1ccc(CN(CCCCC(NC(=O)NC(CCC(=O)O)C(=O)O)C(=O)O)C(=O)CCCCNC(=O)OCC2c3ccccc3-c3ccccc32)cc1. The molecule has 0 aromatic heterocycles. The number of carbonyl (C=O) groups excluding carboxylic acids is 3. The van der Waals surface area contributed by atoms with Gasteiger partial charge in [0.25, 0.3) is 0 Å². The number of benzene rings is 3. The Bertz CT molecular complexity index is 1980. The molecule has 1 aliphatic carbocycles. The Kier molecular flexibility index (Phi) is 22.8. The number of nitrogens with one attached hydrogen (secondary N) is 3. The van der Waals surface area contributed by atoms with E-state index >= 15 is 0 Å². The monoisotopic (exact) mass is 1020 g/mol. The van der Waals surface area contributed by atoms with E-state index in [2.05, 4.69) is 85.3 Å². The van der Waals surface area contributed by atoms with Gasteiger partial charge in [-0.3, -0.25) is 4.79 Å². The molecular formula is C51H72N4O10Sn. The molecule has 1 aliphatic rings. The van der Waals surface area contributed by atoms with Gasteiger partial charge in [-0.05, 0) is 28.7 Å². The van der Waals surface area contributed by atoms with E-state index in [1.165, 1.54) is 51.8 Å². The molecule has 66 heavy (non-hydrogen) atoms. The number of hydrogen-bond donors (Lipinski definition) is 6. The van der Waals surface area contributed by atoms with Crippen LogP contribution in [0.2, 0.25) is 13.3 Å².